The van der Waals surface area contributed by atoms with E-state index >= 15 is 0 Å². The van der Waals surface area contributed by atoms with Crippen LogP contribution >= 0.6 is 0 Å². The molecule has 28 heavy (non-hydrogen) atoms. The highest BCUT2D eigenvalue weighted by Gasteiger charge is 2.28. The van der Waals surface area contributed by atoms with Gasteiger partial charge in [-0.15, -0.1) is 0 Å². The average Bonchev–Trinajstić information content (AvgIpc) is 3.27. The van der Waals surface area contributed by atoms with E-state index in [1.807, 2.05) is 12.3 Å². The molecule has 1 aliphatic heterocycles. The first-order chi connectivity index (χ1) is 13.5. The van der Waals surface area contributed by atoms with Crippen LogP contribution in [0.5, 0.6) is 0 Å². The fourth-order valence-corrected chi connectivity index (χ4v) is 4.15. The minimum Gasteiger partial charge on any atom is -0.308 e. The largest absolute Gasteiger partial charge is 0.308 e. The number of pyridine rings is 1. The van der Waals surface area contributed by atoms with Gasteiger partial charge in [0.1, 0.15) is 0 Å². The van der Waals surface area contributed by atoms with Gasteiger partial charge in [-0.25, -0.2) is 9.67 Å². The van der Waals surface area contributed by atoms with Gasteiger partial charge in [-0.3, -0.25) is 4.90 Å². The van der Waals surface area contributed by atoms with Gasteiger partial charge in [-0.2, -0.15) is 5.10 Å². The second-order valence-electron chi connectivity index (χ2n) is 8.43. The third kappa shape index (κ3) is 3.96. The standard InChI is InChI=1S/C23H31N5/c1-17-7-8-19(14-18(17)2)15-27-11-9-20(16-27)22-21-6-5-10-24-23(21)28(25-22)13-12-26(3)4/h5-8,10,14,20H,9,11-13,15-16H2,1-4H3. The van der Waals surface area contributed by atoms with Gasteiger partial charge >= 0.3 is 0 Å². The predicted octanol–water partition coefficient (Wildman–Crippen LogP) is 3.60. The number of likely N-dealkylation sites (tertiary alicyclic amines) is 1. The van der Waals surface area contributed by atoms with Crippen LogP contribution in [-0.2, 0) is 13.1 Å². The normalized spacial score (nSPS) is 17.8. The number of hydrogen-bond acceptors (Lipinski definition) is 4. The van der Waals surface area contributed by atoms with Crippen LogP contribution in [0.1, 0.15) is 34.7 Å². The van der Waals surface area contributed by atoms with Gasteiger partial charge < -0.3 is 4.90 Å². The minimum absolute atomic E-state index is 0.485. The minimum atomic E-state index is 0.485. The van der Waals surface area contributed by atoms with E-state index in [4.69, 9.17) is 5.10 Å². The Morgan fingerprint density at radius 2 is 2.00 bits per heavy atom. The average molecular weight is 378 g/mol. The highest BCUT2D eigenvalue weighted by molar-refractivity contribution is 5.78. The Morgan fingerprint density at radius 3 is 2.79 bits per heavy atom. The van der Waals surface area contributed by atoms with Crippen LogP contribution in [0.2, 0.25) is 0 Å². The molecule has 5 nitrogen and oxygen atoms in total. The molecular formula is C23H31N5. The van der Waals surface area contributed by atoms with Crippen LogP contribution in [0, 0.1) is 13.8 Å². The van der Waals surface area contributed by atoms with Crippen molar-refractivity contribution in [1.29, 1.82) is 0 Å². The first-order valence-electron chi connectivity index (χ1n) is 10.3. The molecule has 3 aromatic rings. The van der Waals surface area contributed by atoms with E-state index in [1.54, 1.807) is 0 Å². The van der Waals surface area contributed by atoms with Gasteiger partial charge in [-0.05, 0) is 69.7 Å². The molecule has 5 heteroatoms. The van der Waals surface area contributed by atoms with E-state index in [0.29, 0.717) is 5.92 Å². The number of likely N-dealkylation sites (N-methyl/N-ethyl adjacent to an activating group) is 1. The van der Waals surface area contributed by atoms with Crippen LogP contribution in [0.3, 0.4) is 0 Å². The second kappa shape index (κ2) is 8.02. The highest BCUT2D eigenvalue weighted by atomic mass is 15.3. The van der Waals surface area contributed by atoms with Crippen molar-refractivity contribution < 1.29 is 0 Å². The Hall–Kier alpha value is -2.24. The van der Waals surface area contributed by atoms with Crippen molar-refractivity contribution in [3.05, 3.63) is 58.9 Å². The maximum absolute atomic E-state index is 5.01. The molecule has 148 valence electrons. The SMILES string of the molecule is Cc1ccc(CN2CCC(c3nn(CCN(C)C)c4ncccc34)C2)cc1C. The topological polar surface area (TPSA) is 37.2 Å². The van der Waals surface area contributed by atoms with Crippen molar-refractivity contribution in [2.45, 2.75) is 39.3 Å². The first kappa shape index (κ1) is 19.1. The molecular weight excluding hydrogens is 346 g/mol. The van der Waals surface area contributed by atoms with E-state index in [1.165, 1.54) is 34.2 Å². The molecule has 0 spiro atoms. The summed E-state index contributed by atoms with van der Waals surface area (Å²) in [5.41, 5.74) is 6.40. The lowest BCUT2D eigenvalue weighted by Gasteiger charge is -2.16. The van der Waals surface area contributed by atoms with Gasteiger partial charge in [-0.1, -0.05) is 18.2 Å². The van der Waals surface area contributed by atoms with Gasteiger partial charge in [0, 0.05) is 37.1 Å². The highest BCUT2D eigenvalue weighted by Crippen LogP contribution is 2.32. The summed E-state index contributed by atoms with van der Waals surface area (Å²) < 4.78 is 2.09. The second-order valence-corrected chi connectivity index (χ2v) is 8.43. The number of benzene rings is 1. The van der Waals surface area contributed by atoms with Crippen LogP contribution in [0.4, 0.5) is 0 Å². The molecule has 4 rings (SSSR count). The van der Waals surface area contributed by atoms with Crippen LogP contribution in [-0.4, -0.2) is 58.3 Å². The van der Waals surface area contributed by atoms with E-state index in [9.17, 15) is 0 Å². The predicted molar refractivity (Wildman–Crippen MR) is 115 cm³/mol. The molecule has 1 unspecified atom stereocenters. The summed E-state index contributed by atoms with van der Waals surface area (Å²) >= 11 is 0. The molecule has 1 aliphatic rings. The van der Waals surface area contributed by atoms with Crippen LogP contribution in [0.15, 0.2) is 36.5 Å². The van der Waals surface area contributed by atoms with Crippen molar-refractivity contribution in [3.63, 3.8) is 0 Å². The summed E-state index contributed by atoms with van der Waals surface area (Å²) in [6.07, 6.45) is 3.04. The third-order valence-electron chi connectivity index (χ3n) is 5.93. The molecule has 0 saturated carbocycles. The van der Waals surface area contributed by atoms with E-state index in [2.05, 4.69) is 71.7 Å². The molecule has 2 aromatic heterocycles. The number of fused-ring (bicyclic) bond motifs is 1. The van der Waals surface area contributed by atoms with Gasteiger partial charge in [0.05, 0.1) is 12.2 Å². The number of rotatable bonds is 6. The molecule has 3 heterocycles. The van der Waals surface area contributed by atoms with Crippen LogP contribution < -0.4 is 0 Å². The lowest BCUT2D eigenvalue weighted by molar-refractivity contribution is 0.326. The Morgan fingerprint density at radius 1 is 1.14 bits per heavy atom. The summed E-state index contributed by atoms with van der Waals surface area (Å²) in [7, 11) is 4.20. The van der Waals surface area contributed by atoms with E-state index in [0.717, 1.165) is 38.4 Å². The number of nitrogens with zero attached hydrogens (tertiary/aromatic N) is 5. The Balaban J connectivity index is 1.52. The monoisotopic (exact) mass is 377 g/mol. The fraction of sp³-hybridized carbons (Fsp3) is 0.478. The van der Waals surface area contributed by atoms with Crippen molar-refractivity contribution in [1.82, 2.24) is 24.6 Å². The zero-order valence-corrected chi connectivity index (χ0v) is 17.5. The van der Waals surface area contributed by atoms with E-state index < -0.39 is 0 Å². The maximum atomic E-state index is 5.01. The molecule has 0 N–H and O–H groups in total. The molecule has 0 amide bonds. The van der Waals surface area contributed by atoms with Crippen molar-refractivity contribution >= 4 is 11.0 Å². The molecule has 1 saturated heterocycles. The number of hydrogen-bond donors (Lipinski definition) is 0. The summed E-state index contributed by atoms with van der Waals surface area (Å²) in [5, 5.41) is 6.23. The zero-order valence-electron chi connectivity index (χ0n) is 17.5. The molecule has 0 bridgehead atoms. The van der Waals surface area contributed by atoms with Crippen molar-refractivity contribution in [2.75, 3.05) is 33.7 Å². The summed E-state index contributed by atoms with van der Waals surface area (Å²) in [5.74, 6) is 0.485. The van der Waals surface area contributed by atoms with Crippen molar-refractivity contribution in [2.24, 2.45) is 0 Å². The molecule has 1 fully saturated rings. The molecule has 0 aliphatic carbocycles. The lowest BCUT2D eigenvalue weighted by Crippen LogP contribution is -2.20. The summed E-state index contributed by atoms with van der Waals surface area (Å²) in [6.45, 7) is 9.44. The summed E-state index contributed by atoms with van der Waals surface area (Å²) in [6, 6.07) is 11.1. The van der Waals surface area contributed by atoms with Gasteiger partial charge in [0.15, 0.2) is 5.65 Å². The quantitative estimate of drug-likeness (QED) is 0.658. The third-order valence-corrected chi connectivity index (χ3v) is 5.93. The number of aryl methyl sites for hydroxylation is 2. The first-order valence-corrected chi connectivity index (χ1v) is 10.3. The maximum Gasteiger partial charge on any atom is 0.158 e. The van der Waals surface area contributed by atoms with E-state index in [-0.39, 0.29) is 0 Å². The molecule has 0 radical (unpaired) electrons. The summed E-state index contributed by atoms with van der Waals surface area (Å²) in [4.78, 5) is 9.38. The fourth-order valence-electron chi connectivity index (χ4n) is 4.15. The Bertz CT molecular complexity index is 959. The lowest BCUT2D eigenvalue weighted by atomic mass is 10.0. The molecule has 1 atom stereocenters. The Kier molecular flexibility index (Phi) is 5.47. The van der Waals surface area contributed by atoms with Crippen LogP contribution in [0.25, 0.3) is 11.0 Å². The van der Waals surface area contributed by atoms with Gasteiger partial charge in [0.2, 0.25) is 0 Å². The number of aromatic nitrogens is 3. The smallest absolute Gasteiger partial charge is 0.158 e. The Labute approximate surface area is 168 Å². The molecule has 1 aromatic carbocycles. The van der Waals surface area contributed by atoms with Crippen molar-refractivity contribution in [3.8, 4) is 0 Å². The zero-order chi connectivity index (χ0) is 19.7. The van der Waals surface area contributed by atoms with Gasteiger partial charge in [0.25, 0.3) is 0 Å².